The molecule has 1 rings (SSSR count). The van der Waals surface area contributed by atoms with Crippen LogP contribution in [-0.4, -0.2) is 30.8 Å². The van der Waals surface area contributed by atoms with E-state index < -0.39 is 17.5 Å². The van der Waals surface area contributed by atoms with Gasteiger partial charge >= 0.3 is 17.5 Å². The third-order valence-electron chi connectivity index (χ3n) is 4.87. The number of esters is 2. The molecule has 1 aliphatic rings. The van der Waals surface area contributed by atoms with E-state index in [4.69, 9.17) is 14.2 Å². The van der Waals surface area contributed by atoms with Crippen LogP contribution in [-0.2, 0) is 23.8 Å². The number of rotatable bonds is 12. The lowest BCUT2D eigenvalue weighted by Crippen LogP contribution is -2.54. The van der Waals surface area contributed by atoms with Crippen molar-refractivity contribution in [2.24, 2.45) is 0 Å². The maximum atomic E-state index is 13.2. The van der Waals surface area contributed by atoms with Gasteiger partial charge in [-0.15, -0.1) is 0 Å². The quantitative estimate of drug-likeness (QED) is 0.317. The lowest BCUT2D eigenvalue weighted by molar-refractivity contribution is -0.182. The number of carbonyl (C=O) groups is 2. The van der Waals surface area contributed by atoms with Crippen molar-refractivity contribution < 1.29 is 23.8 Å². The van der Waals surface area contributed by atoms with Gasteiger partial charge in [0.25, 0.3) is 0 Å². The zero-order chi connectivity index (χ0) is 21.2. The lowest BCUT2D eigenvalue weighted by Gasteiger charge is -2.39. The Hall–Kier alpha value is -1.78. The fraction of sp³-hybridized carbons (Fsp3) is 0.739. The van der Waals surface area contributed by atoms with Crippen LogP contribution in [0.1, 0.15) is 92.9 Å². The summed E-state index contributed by atoms with van der Waals surface area (Å²) >= 11 is 0. The molecule has 0 saturated heterocycles. The number of hydrogen-bond donors (Lipinski definition) is 0. The Balaban J connectivity index is 3.81. The van der Waals surface area contributed by atoms with E-state index in [0.29, 0.717) is 12.8 Å². The van der Waals surface area contributed by atoms with Crippen LogP contribution in [0.4, 0.5) is 0 Å². The first-order chi connectivity index (χ1) is 13.5. The van der Waals surface area contributed by atoms with E-state index in [-0.39, 0.29) is 13.2 Å². The molecule has 0 bridgehead atoms. The molecule has 0 unspecified atom stereocenters. The Labute approximate surface area is 170 Å². The summed E-state index contributed by atoms with van der Waals surface area (Å²) in [5.74, 6) is -0.571. The zero-order valence-electron chi connectivity index (χ0n) is 18.6. The van der Waals surface area contributed by atoms with Crippen molar-refractivity contribution in [2.45, 2.75) is 98.5 Å². The summed E-state index contributed by atoms with van der Waals surface area (Å²) in [4.78, 5) is 26.4. The van der Waals surface area contributed by atoms with Crippen LogP contribution in [0.25, 0.3) is 0 Å². The van der Waals surface area contributed by atoms with Crippen molar-refractivity contribution in [1.82, 2.24) is 0 Å². The molecule has 0 N–H and O–H groups in total. The number of carbonyl (C=O) groups excluding carboxylic acids is 2. The minimum atomic E-state index is -1.81. The molecule has 0 aromatic heterocycles. The van der Waals surface area contributed by atoms with Gasteiger partial charge in [0.05, 0.1) is 13.2 Å². The Morgan fingerprint density at radius 3 is 1.61 bits per heavy atom. The fourth-order valence-electron chi connectivity index (χ4n) is 3.85. The summed E-state index contributed by atoms with van der Waals surface area (Å²) in [7, 11) is 0. The summed E-state index contributed by atoms with van der Waals surface area (Å²) in [5.41, 5.74) is 1.19. The number of allylic oxidation sites excluding steroid dienone is 3. The van der Waals surface area contributed by atoms with Crippen molar-refractivity contribution in [3.63, 3.8) is 0 Å². The summed E-state index contributed by atoms with van der Waals surface area (Å²) in [6.07, 6.45) is 6.53. The van der Waals surface area contributed by atoms with Crippen LogP contribution in [0.15, 0.2) is 22.5 Å². The van der Waals surface area contributed by atoms with Gasteiger partial charge < -0.3 is 14.2 Å². The first-order valence-corrected chi connectivity index (χ1v) is 11.0. The Bertz CT molecular complexity index is 582. The lowest BCUT2D eigenvalue weighted by atomic mass is 9.78. The second kappa shape index (κ2) is 11.9. The first-order valence-electron chi connectivity index (χ1n) is 11.0. The van der Waals surface area contributed by atoms with Crippen LogP contribution in [0, 0.1) is 0 Å². The molecule has 28 heavy (non-hydrogen) atoms. The maximum Gasteiger partial charge on any atom is 0.367 e. The summed E-state index contributed by atoms with van der Waals surface area (Å²) in [6.45, 7) is 12.2. The second-order valence-electron chi connectivity index (χ2n) is 7.08. The SMILES string of the molecule is CCCC1=C(CCC)C(CCC)=C(CCC)C(C(=O)OCC)(C(=O)OCC)O1. The van der Waals surface area contributed by atoms with Crippen molar-refractivity contribution in [3.05, 3.63) is 22.5 Å². The average Bonchev–Trinajstić information content (AvgIpc) is 2.66. The smallest absolute Gasteiger partial charge is 0.367 e. The Morgan fingerprint density at radius 2 is 1.18 bits per heavy atom. The number of ether oxygens (including phenoxy) is 3. The molecule has 1 heterocycles. The van der Waals surface area contributed by atoms with Gasteiger partial charge in [-0.3, -0.25) is 0 Å². The number of hydrogen-bond acceptors (Lipinski definition) is 5. The predicted molar refractivity (Wildman–Crippen MR) is 111 cm³/mol. The van der Waals surface area contributed by atoms with E-state index in [9.17, 15) is 9.59 Å². The monoisotopic (exact) mass is 394 g/mol. The van der Waals surface area contributed by atoms with Crippen LogP contribution >= 0.6 is 0 Å². The maximum absolute atomic E-state index is 13.2. The van der Waals surface area contributed by atoms with Gasteiger partial charge in [0, 0.05) is 6.42 Å². The van der Waals surface area contributed by atoms with Crippen molar-refractivity contribution >= 4 is 11.9 Å². The molecule has 0 amide bonds. The van der Waals surface area contributed by atoms with Gasteiger partial charge in [-0.25, -0.2) is 9.59 Å². The van der Waals surface area contributed by atoms with Gasteiger partial charge in [-0.05, 0) is 56.3 Å². The third-order valence-corrected chi connectivity index (χ3v) is 4.87. The highest BCUT2D eigenvalue weighted by atomic mass is 16.6. The molecule has 5 nitrogen and oxygen atoms in total. The van der Waals surface area contributed by atoms with Crippen LogP contribution in [0.5, 0.6) is 0 Å². The molecule has 0 aliphatic carbocycles. The van der Waals surface area contributed by atoms with Gasteiger partial charge in [0.15, 0.2) is 0 Å². The minimum Gasteiger partial charge on any atom is -0.464 e. The molecule has 0 spiro atoms. The second-order valence-corrected chi connectivity index (χ2v) is 7.08. The van der Waals surface area contributed by atoms with E-state index in [1.165, 1.54) is 5.57 Å². The summed E-state index contributed by atoms with van der Waals surface area (Å²) < 4.78 is 17.0. The van der Waals surface area contributed by atoms with E-state index in [0.717, 1.165) is 55.4 Å². The molecule has 0 atom stereocenters. The highest BCUT2D eigenvalue weighted by molar-refractivity contribution is 6.08. The van der Waals surface area contributed by atoms with Crippen LogP contribution < -0.4 is 0 Å². The normalized spacial score (nSPS) is 16.1. The third kappa shape index (κ3) is 4.98. The molecular formula is C23H38O5. The molecule has 0 aromatic rings. The van der Waals surface area contributed by atoms with Crippen molar-refractivity contribution in [3.8, 4) is 0 Å². The predicted octanol–water partition coefficient (Wildman–Crippen LogP) is 5.63. The Kier molecular flexibility index (Phi) is 10.3. The largest absolute Gasteiger partial charge is 0.464 e. The first kappa shape index (κ1) is 24.3. The van der Waals surface area contributed by atoms with E-state index >= 15 is 0 Å². The van der Waals surface area contributed by atoms with Gasteiger partial charge in [0.2, 0.25) is 0 Å². The molecule has 1 aliphatic heterocycles. The van der Waals surface area contributed by atoms with E-state index in [1.54, 1.807) is 13.8 Å². The fourth-order valence-corrected chi connectivity index (χ4v) is 3.85. The molecule has 160 valence electrons. The van der Waals surface area contributed by atoms with E-state index in [2.05, 4.69) is 20.8 Å². The average molecular weight is 395 g/mol. The van der Waals surface area contributed by atoms with Crippen LogP contribution in [0.3, 0.4) is 0 Å². The topological polar surface area (TPSA) is 61.8 Å². The Morgan fingerprint density at radius 1 is 0.714 bits per heavy atom. The van der Waals surface area contributed by atoms with Gasteiger partial charge in [-0.1, -0.05) is 47.0 Å². The standard InChI is InChI=1S/C23H38O5/c1-7-13-17-18(14-8-2)20(16-10-4)28-23(19(17)15-9-3,21(24)26-11-5)22(25)27-12-6/h7-16H2,1-6H3. The highest BCUT2D eigenvalue weighted by Gasteiger charge is 2.57. The van der Waals surface area contributed by atoms with Gasteiger partial charge in [-0.2, -0.15) is 0 Å². The summed E-state index contributed by atoms with van der Waals surface area (Å²) in [6, 6.07) is 0. The van der Waals surface area contributed by atoms with Crippen molar-refractivity contribution in [1.29, 1.82) is 0 Å². The molecule has 0 aromatic carbocycles. The molecule has 0 fully saturated rings. The van der Waals surface area contributed by atoms with Crippen LogP contribution in [0.2, 0.25) is 0 Å². The molecule has 0 radical (unpaired) electrons. The van der Waals surface area contributed by atoms with Gasteiger partial charge in [0.1, 0.15) is 5.76 Å². The molecular weight excluding hydrogens is 356 g/mol. The minimum absolute atomic E-state index is 0.181. The molecule has 0 saturated carbocycles. The highest BCUT2D eigenvalue weighted by Crippen LogP contribution is 2.45. The van der Waals surface area contributed by atoms with E-state index in [1.807, 2.05) is 6.92 Å². The van der Waals surface area contributed by atoms with Crippen molar-refractivity contribution in [2.75, 3.05) is 13.2 Å². The summed E-state index contributed by atoms with van der Waals surface area (Å²) in [5, 5.41) is 0. The molecule has 5 heteroatoms. The zero-order valence-corrected chi connectivity index (χ0v) is 18.6.